The number of hydrogen-bond donors (Lipinski definition) is 0. The molecule has 0 radical (unpaired) electrons. The van der Waals surface area contributed by atoms with Gasteiger partial charge in [-0.2, -0.15) is 0 Å². The summed E-state index contributed by atoms with van der Waals surface area (Å²) in [4.78, 5) is 14.8. The van der Waals surface area contributed by atoms with E-state index in [1.807, 2.05) is 4.90 Å². The monoisotopic (exact) mass is 291 g/mol. The topological polar surface area (TPSA) is 38.8 Å². The van der Waals surface area contributed by atoms with Gasteiger partial charge < -0.3 is 14.4 Å². The molecular weight excluding hydrogens is 266 g/mol. The van der Waals surface area contributed by atoms with Crippen LogP contribution in [0.4, 0.5) is 0 Å². The predicted molar refractivity (Wildman–Crippen MR) is 81.0 cm³/mol. The van der Waals surface area contributed by atoms with E-state index in [9.17, 15) is 4.79 Å². The first-order valence-electron chi connectivity index (χ1n) is 8.15. The standard InChI is InChI=1S/C17H25NO3/c1-2-11-20-15-9-8-14-16(15)21-12-10-18(14)17(19)13-6-4-3-5-7-13/h2,6,14-16H,1,3-5,7-12H2/t14-,15-,16+/m1/s1. The number of carbonyl (C=O) groups is 1. The molecule has 2 aliphatic carbocycles. The Balaban J connectivity index is 1.68. The summed E-state index contributed by atoms with van der Waals surface area (Å²) in [5.41, 5.74) is 1.01. The van der Waals surface area contributed by atoms with Gasteiger partial charge in [-0.1, -0.05) is 12.2 Å². The Hall–Kier alpha value is -1.13. The highest BCUT2D eigenvalue weighted by Crippen LogP contribution is 2.33. The molecule has 0 unspecified atom stereocenters. The van der Waals surface area contributed by atoms with Gasteiger partial charge in [-0.3, -0.25) is 4.79 Å². The average Bonchev–Trinajstić information content (AvgIpc) is 2.96. The molecule has 1 amide bonds. The minimum atomic E-state index is 0.0341. The number of ether oxygens (including phenoxy) is 2. The second-order valence-electron chi connectivity index (χ2n) is 6.11. The van der Waals surface area contributed by atoms with Crippen molar-refractivity contribution in [3.05, 3.63) is 24.3 Å². The molecule has 116 valence electrons. The van der Waals surface area contributed by atoms with Crippen LogP contribution in [0.2, 0.25) is 0 Å². The SMILES string of the molecule is C=CCO[C@@H]1CC[C@@H]2[C@@H]1OCCN2C(=O)C1=CCCCC1. The lowest BCUT2D eigenvalue weighted by Gasteiger charge is -2.39. The molecule has 0 N–H and O–H groups in total. The highest BCUT2D eigenvalue weighted by atomic mass is 16.5. The first-order valence-corrected chi connectivity index (χ1v) is 8.15. The summed E-state index contributed by atoms with van der Waals surface area (Å²) < 4.78 is 11.7. The molecule has 4 heteroatoms. The summed E-state index contributed by atoms with van der Waals surface area (Å²) in [7, 11) is 0. The molecular formula is C17H25NO3. The lowest BCUT2D eigenvalue weighted by Crippen LogP contribution is -2.54. The van der Waals surface area contributed by atoms with Gasteiger partial charge in [0.2, 0.25) is 5.91 Å². The third-order valence-corrected chi connectivity index (χ3v) is 4.79. The van der Waals surface area contributed by atoms with Gasteiger partial charge >= 0.3 is 0 Å². The maximum atomic E-state index is 12.8. The number of rotatable bonds is 4. The normalized spacial score (nSPS) is 32.5. The lowest BCUT2D eigenvalue weighted by atomic mass is 9.97. The molecule has 1 aliphatic heterocycles. The van der Waals surface area contributed by atoms with Gasteiger partial charge in [0, 0.05) is 12.1 Å². The number of amides is 1. The summed E-state index contributed by atoms with van der Waals surface area (Å²) >= 11 is 0. The minimum absolute atomic E-state index is 0.0341. The zero-order valence-corrected chi connectivity index (χ0v) is 12.6. The van der Waals surface area contributed by atoms with Crippen LogP contribution in [0.25, 0.3) is 0 Å². The van der Waals surface area contributed by atoms with Gasteiger partial charge in [0.25, 0.3) is 0 Å². The molecule has 2 fully saturated rings. The Bertz CT molecular complexity index is 432. The predicted octanol–water partition coefficient (Wildman–Crippen LogP) is 2.45. The van der Waals surface area contributed by atoms with Crippen LogP contribution >= 0.6 is 0 Å². The number of hydrogen-bond acceptors (Lipinski definition) is 3. The molecule has 0 aromatic rings. The van der Waals surface area contributed by atoms with E-state index in [0.29, 0.717) is 19.8 Å². The Morgan fingerprint density at radius 1 is 1.48 bits per heavy atom. The van der Waals surface area contributed by atoms with Gasteiger partial charge in [0.1, 0.15) is 6.10 Å². The minimum Gasteiger partial charge on any atom is -0.372 e. The van der Waals surface area contributed by atoms with Crippen LogP contribution in [0, 0.1) is 0 Å². The quantitative estimate of drug-likeness (QED) is 0.747. The zero-order chi connectivity index (χ0) is 14.7. The van der Waals surface area contributed by atoms with E-state index in [4.69, 9.17) is 9.47 Å². The fraction of sp³-hybridized carbons (Fsp3) is 0.706. The molecule has 3 rings (SSSR count). The summed E-state index contributed by atoms with van der Waals surface area (Å²) in [6.45, 7) is 5.58. The molecule has 3 atom stereocenters. The van der Waals surface area contributed by atoms with Crippen molar-refractivity contribution >= 4 is 5.91 Å². The van der Waals surface area contributed by atoms with E-state index >= 15 is 0 Å². The van der Waals surface area contributed by atoms with Crippen LogP contribution in [0.3, 0.4) is 0 Å². The molecule has 0 aromatic carbocycles. The molecule has 0 spiro atoms. The van der Waals surface area contributed by atoms with E-state index in [1.54, 1.807) is 6.08 Å². The molecule has 1 heterocycles. The van der Waals surface area contributed by atoms with Crippen LogP contribution in [0.15, 0.2) is 24.3 Å². The van der Waals surface area contributed by atoms with Crippen LogP contribution in [-0.4, -0.2) is 48.8 Å². The summed E-state index contributed by atoms with van der Waals surface area (Å²) in [5, 5.41) is 0. The Morgan fingerprint density at radius 2 is 2.38 bits per heavy atom. The number of allylic oxidation sites excluding steroid dienone is 1. The van der Waals surface area contributed by atoms with Gasteiger partial charge in [0.15, 0.2) is 0 Å². The van der Waals surface area contributed by atoms with E-state index in [2.05, 4.69) is 12.7 Å². The van der Waals surface area contributed by atoms with Gasteiger partial charge in [-0.15, -0.1) is 6.58 Å². The van der Waals surface area contributed by atoms with Gasteiger partial charge in [-0.05, 0) is 38.5 Å². The third kappa shape index (κ3) is 3.06. The van der Waals surface area contributed by atoms with Crippen LogP contribution < -0.4 is 0 Å². The first-order chi connectivity index (χ1) is 10.3. The smallest absolute Gasteiger partial charge is 0.249 e. The second-order valence-corrected chi connectivity index (χ2v) is 6.11. The molecule has 21 heavy (non-hydrogen) atoms. The molecule has 1 saturated carbocycles. The Labute approximate surface area is 126 Å². The van der Waals surface area contributed by atoms with E-state index in [1.165, 1.54) is 6.42 Å². The average molecular weight is 291 g/mol. The number of nitrogens with zero attached hydrogens (tertiary/aromatic N) is 1. The van der Waals surface area contributed by atoms with Crippen molar-refractivity contribution < 1.29 is 14.3 Å². The highest BCUT2D eigenvalue weighted by Gasteiger charge is 2.45. The fourth-order valence-corrected chi connectivity index (χ4v) is 3.75. The lowest BCUT2D eigenvalue weighted by molar-refractivity contribution is -0.147. The number of fused-ring (bicyclic) bond motifs is 1. The first kappa shape index (κ1) is 14.8. The summed E-state index contributed by atoms with van der Waals surface area (Å²) in [6.07, 6.45) is 10.3. The van der Waals surface area contributed by atoms with Crippen molar-refractivity contribution in [3.63, 3.8) is 0 Å². The van der Waals surface area contributed by atoms with Crippen LogP contribution in [0.5, 0.6) is 0 Å². The molecule has 4 nitrogen and oxygen atoms in total. The largest absolute Gasteiger partial charge is 0.372 e. The van der Waals surface area contributed by atoms with Crippen LogP contribution in [-0.2, 0) is 14.3 Å². The van der Waals surface area contributed by atoms with E-state index in [0.717, 1.165) is 37.7 Å². The third-order valence-electron chi connectivity index (χ3n) is 4.79. The summed E-state index contributed by atoms with van der Waals surface area (Å²) in [5.74, 6) is 0.234. The van der Waals surface area contributed by atoms with Crippen molar-refractivity contribution in [2.45, 2.75) is 56.8 Å². The van der Waals surface area contributed by atoms with E-state index in [-0.39, 0.29) is 24.2 Å². The fourth-order valence-electron chi connectivity index (χ4n) is 3.75. The maximum absolute atomic E-state index is 12.8. The maximum Gasteiger partial charge on any atom is 0.249 e. The number of carbonyl (C=O) groups excluding carboxylic acids is 1. The van der Waals surface area contributed by atoms with Crippen molar-refractivity contribution in [1.29, 1.82) is 0 Å². The molecule has 3 aliphatic rings. The van der Waals surface area contributed by atoms with Crippen molar-refractivity contribution in [3.8, 4) is 0 Å². The Morgan fingerprint density at radius 3 is 3.14 bits per heavy atom. The zero-order valence-electron chi connectivity index (χ0n) is 12.6. The van der Waals surface area contributed by atoms with Crippen molar-refractivity contribution in [1.82, 2.24) is 4.90 Å². The molecule has 1 saturated heterocycles. The van der Waals surface area contributed by atoms with Gasteiger partial charge in [0.05, 0.1) is 25.4 Å². The number of morpholine rings is 1. The van der Waals surface area contributed by atoms with Crippen molar-refractivity contribution in [2.75, 3.05) is 19.8 Å². The molecule has 0 aromatic heterocycles. The highest BCUT2D eigenvalue weighted by molar-refractivity contribution is 5.93. The Kier molecular flexibility index (Phi) is 4.76. The summed E-state index contributed by atoms with van der Waals surface area (Å²) in [6, 6.07) is 0.184. The molecule has 0 bridgehead atoms. The van der Waals surface area contributed by atoms with Gasteiger partial charge in [-0.25, -0.2) is 0 Å². The van der Waals surface area contributed by atoms with E-state index < -0.39 is 0 Å². The van der Waals surface area contributed by atoms with Crippen LogP contribution in [0.1, 0.15) is 38.5 Å². The second kappa shape index (κ2) is 6.75. The van der Waals surface area contributed by atoms with Crippen molar-refractivity contribution in [2.24, 2.45) is 0 Å².